The third-order valence-corrected chi connectivity index (χ3v) is 4.09. The highest BCUT2D eigenvalue weighted by Gasteiger charge is 2.32. The summed E-state index contributed by atoms with van der Waals surface area (Å²) in [6.45, 7) is 3.58. The monoisotopic (exact) mass is 367 g/mol. The lowest BCUT2D eigenvalue weighted by Gasteiger charge is -2.16. The molecule has 1 fully saturated rings. The minimum Gasteiger partial charge on any atom is -0.491 e. The molecule has 3 rings (SSSR count). The van der Waals surface area contributed by atoms with Gasteiger partial charge in [-0.1, -0.05) is 12.1 Å². The second-order valence-corrected chi connectivity index (χ2v) is 6.21. The van der Waals surface area contributed by atoms with Crippen molar-refractivity contribution in [2.24, 2.45) is 0 Å². The third-order valence-electron chi connectivity index (χ3n) is 4.09. The van der Waals surface area contributed by atoms with Gasteiger partial charge in [-0.2, -0.15) is 13.2 Å². The van der Waals surface area contributed by atoms with E-state index < -0.39 is 11.9 Å². The number of aromatic nitrogens is 2. The second-order valence-electron chi connectivity index (χ2n) is 6.21. The van der Waals surface area contributed by atoms with Gasteiger partial charge in [-0.25, -0.2) is 0 Å². The highest BCUT2D eigenvalue weighted by molar-refractivity contribution is 5.41. The molecule has 1 aromatic heterocycles. The van der Waals surface area contributed by atoms with E-state index in [1.54, 1.807) is 0 Å². The van der Waals surface area contributed by atoms with Crippen LogP contribution in [0.2, 0.25) is 0 Å². The predicted octanol–water partition coefficient (Wildman–Crippen LogP) is 3.97. The van der Waals surface area contributed by atoms with E-state index in [4.69, 9.17) is 9.47 Å². The first-order chi connectivity index (χ1) is 12.4. The van der Waals surface area contributed by atoms with Crippen LogP contribution in [0.25, 0.3) is 0 Å². The molecule has 0 spiro atoms. The Labute approximate surface area is 149 Å². The SMILES string of the molecule is Cc1ccc(CNc2ccc(C(F)(F)F)nn2)c(OCC2CCCO2)c1. The van der Waals surface area contributed by atoms with E-state index in [1.165, 1.54) is 6.07 Å². The molecule has 1 unspecified atom stereocenters. The minimum absolute atomic E-state index is 0.108. The van der Waals surface area contributed by atoms with Crippen LogP contribution >= 0.6 is 0 Å². The number of benzene rings is 1. The van der Waals surface area contributed by atoms with Crippen LogP contribution in [0, 0.1) is 6.92 Å². The summed E-state index contributed by atoms with van der Waals surface area (Å²) in [4.78, 5) is 0. The van der Waals surface area contributed by atoms with Gasteiger partial charge < -0.3 is 14.8 Å². The number of hydrogen-bond donors (Lipinski definition) is 1. The van der Waals surface area contributed by atoms with Gasteiger partial charge >= 0.3 is 6.18 Å². The van der Waals surface area contributed by atoms with Crippen molar-refractivity contribution in [3.63, 3.8) is 0 Å². The zero-order chi connectivity index (χ0) is 18.6. The van der Waals surface area contributed by atoms with Crippen molar-refractivity contribution in [2.75, 3.05) is 18.5 Å². The van der Waals surface area contributed by atoms with Crippen LogP contribution in [0.5, 0.6) is 5.75 Å². The van der Waals surface area contributed by atoms with Gasteiger partial charge in [-0.15, -0.1) is 10.2 Å². The molecule has 0 aliphatic carbocycles. The van der Waals surface area contributed by atoms with Crippen LogP contribution in [0.15, 0.2) is 30.3 Å². The Bertz CT molecular complexity index is 729. The number of anilines is 1. The maximum absolute atomic E-state index is 12.5. The zero-order valence-electron chi connectivity index (χ0n) is 14.3. The highest BCUT2D eigenvalue weighted by Crippen LogP contribution is 2.27. The van der Waals surface area contributed by atoms with Gasteiger partial charge in [0.15, 0.2) is 5.69 Å². The minimum atomic E-state index is -4.49. The third kappa shape index (κ3) is 4.85. The Morgan fingerprint density at radius 2 is 2.08 bits per heavy atom. The lowest BCUT2D eigenvalue weighted by Crippen LogP contribution is -2.17. The Morgan fingerprint density at radius 1 is 1.23 bits per heavy atom. The number of nitrogens with zero attached hydrogens (tertiary/aromatic N) is 2. The molecule has 1 aromatic carbocycles. The van der Waals surface area contributed by atoms with Gasteiger partial charge in [-0.3, -0.25) is 0 Å². The first-order valence-electron chi connectivity index (χ1n) is 8.40. The van der Waals surface area contributed by atoms with Crippen molar-refractivity contribution in [2.45, 2.75) is 38.6 Å². The molecule has 0 amide bonds. The number of hydrogen-bond acceptors (Lipinski definition) is 5. The van der Waals surface area contributed by atoms with Crippen LogP contribution in [0.4, 0.5) is 19.0 Å². The van der Waals surface area contributed by atoms with Gasteiger partial charge in [0, 0.05) is 18.7 Å². The van der Waals surface area contributed by atoms with Gasteiger partial charge in [-0.05, 0) is 43.5 Å². The Kier molecular flexibility index (Phi) is 5.61. The molecule has 0 radical (unpaired) electrons. The van der Waals surface area contributed by atoms with Gasteiger partial charge in [0.1, 0.15) is 18.2 Å². The summed E-state index contributed by atoms with van der Waals surface area (Å²) in [7, 11) is 0. The Hall–Kier alpha value is -2.35. The Balaban J connectivity index is 1.63. The van der Waals surface area contributed by atoms with Crippen molar-refractivity contribution in [3.8, 4) is 5.75 Å². The summed E-state index contributed by atoms with van der Waals surface area (Å²) in [5, 5.41) is 9.75. The average Bonchev–Trinajstić information content (AvgIpc) is 3.12. The van der Waals surface area contributed by atoms with E-state index in [0.29, 0.717) is 13.2 Å². The predicted molar refractivity (Wildman–Crippen MR) is 90.0 cm³/mol. The van der Waals surface area contributed by atoms with Crippen LogP contribution < -0.4 is 10.1 Å². The van der Waals surface area contributed by atoms with Crippen LogP contribution in [-0.2, 0) is 17.5 Å². The smallest absolute Gasteiger partial charge is 0.435 e. The molecule has 8 heteroatoms. The van der Waals surface area contributed by atoms with Crippen LogP contribution in [0.3, 0.4) is 0 Å². The molecule has 0 bridgehead atoms. The fraction of sp³-hybridized carbons (Fsp3) is 0.444. The quantitative estimate of drug-likeness (QED) is 0.837. The molecule has 1 aliphatic rings. The topological polar surface area (TPSA) is 56.3 Å². The maximum atomic E-state index is 12.5. The van der Waals surface area contributed by atoms with Crippen molar-refractivity contribution < 1.29 is 22.6 Å². The van der Waals surface area contributed by atoms with E-state index >= 15 is 0 Å². The van der Waals surface area contributed by atoms with E-state index in [1.807, 2.05) is 25.1 Å². The standard InChI is InChI=1S/C18H20F3N3O2/c1-12-4-5-13(15(9-12)26-11-14-3-2-8-25-14)10-22-17-7-6-16(23-24-17)18(19,20)21/h4-7,9,14H,2-3,8,10-11H2,1H3,(H,22,24). The number of halogens is 3. The maximum Gasteiger partial charge on any atom is 0.435 e. The van der Waals surface area contributed by atoms with Gasteiger partial charge in [0.2, 0.25) is 0 Å². The number of ether oxygens (including phenoxy) is 2. The normalized spacial score (nSPS) is 17.3. The molecule has 2 aromatic rings. The summed E-state index contributed by atoms with van der Waals surface area (Å²) in [6, 6.07) is 7.97. The first kappa shape index (κ1) is 18.4. The molecular weight excluding hydrogens is 347 g/mol. The lowest BCUT2D eigenvalue weighted by atomic mass is 10.1. The molecule has 1 N–H and O–H groups in total. The molecule has 2 heterocycles. The molecule has 1 atom stereocenters. The van der Waals surface area contributed by atoms with E-state index in [-0.39, 0.29) is 11.9 Å². The van der Waals surface area contributed by atoms with Crippen molar-refractivity contribution in [1.29, 1.82) is 0 Å². The van der Waals surface area contributed by atoms with E-state index in [0.717, 1.165) is 42.4 Å². The van der Waals surface area contributed by atoms with E-state index in [9.17, 15) is 13.2 Å². The molecule has 5 nitrogen and oxygen atoms in total. The summed E-state index contributed by atoms with van der Waals surface area (Å²) in [6.07, 6.45) is -2.35. The molecule has 1 aliphatic heterocycles. The highest BCUT2D eigenvalue weighted by atomic mass is 19.4. The Morgan fingerprint density at radius 3 is 2.73 bits per heavy atom. The van der Waals surface area contributed by atoms with Gasteiger partial charge in [0.25, 0.3) is 0 Å². The van der Waals surface area contributed by atoms with Crippen molar-refractivity contribution >= 4 is 5.82 Å². The zero-order valence-corrected chi connectivity index (χ0v) is 14.3. The average molecular weight is 367 g/mol. The first-order valence-corrected chi connectivity index (χ1v) is 8.40. The summed E-state index contributed by atoms with van der Waals surface area (Å²) in [5.74, 6) is 0.997. The summed E-state index contributed by atoms with van der Waals surface area (Å²) in [5.41, 5.74) is 0.930. The number of alkyl halides is 3. The molecule has 0 saturated carbocycles. The van der Waals surface area contributed by atoms with Crippen molar-refractivity contribution in [3.05, 3.63) is 47.2 Å². The van der Waals surface area contributed by atoms with Crippen molar-refractivity contribution in [1.82, 2.24) is 10.2 Å². The van der Waals surface area contributed by atoms with Crippen LogP contribution in [-0.4, -0.2) is 29.5 Å². The number of aryl methyl sites for hydroxylation is 1. The van der Waals surface area contributed by atoms with E-state index in [2.05, 4.69) is 15.5 Å². The van der Waals surface area contributed by atoms with Gasteiger partial charge in [0.05, 0.1) is 6.10 Å². The fourth-order valence-corrected chi connectivity index (χ4v) is 2.66. The summed E-state index contributed by atoms with van der Waals surface area (Å²) >= 11 is 0. The molecule has 26 heavy (non-hydrogen) atoms. The summed E-state index contributed by atoms with van der Waals surface area (Å²) < 4.78 is 49.0. The molecular formula is C18H20F3N3O2. The molecule has 140 valence electrons. The number of rotatable bonds is 6. The fourth-order valence-electron chi connectivity index (χ4n) is 2.66. The lowest BCUT2D eigenvalue weighted by molar-refractivity contribution is -0.141. The second kappa shape index (κ2) is 7.90. The largest absolute Gasteiger partial charge is 0.491 e. The molecule has 1 saturated heterocycles. The van der Waals surface area contributed by atoms with Crippen LogP contribution in [0.1, 0.15) is 29.7 Å². The number of nitrogens with one attached hydrogen (secondary N) is 1.